The van der Waals surface area contributed by atoms with Crippen molar-refractivity contribution in [1.82, 2.24) is 0 Å². The van der Waals surface area contributed by atoms with E-state index in [1.165, 1.54) is 5.56 Å². The van der Waals surface area contributed by atoms with E-state index in [2.05, 4.69) is 82.4 Å². The lowest BCUT2D eigenvalue weighted by Crippen LogP contribution is -2.54. The zero-order chi connectivity index (χ0) is 25.2. The fourth-order valence-corrected chi connectivity index (χ4v) is 9.48. The van der Waals surface area contributed by atoms with Crippen LogP contribution in [-0.2, 0) is 32.2 Å². The fourth-order valence-electron chi connectivity index (χ4n) is 5.93. The van der Waals surface area contributed by atoms with Crippen LogP contribution in [0, 0.1) is 17.8 Å². The highest BCUT2D eigenvalue weighted by molar-refractivity contribution is 6.81. The van der Waals surface area contributed by atoms with Crippen LogP contribution in [0.25, 0.3) is 0 Å². The monoisotopic (exact) mass is 494 g/mol. The molecule has 0 aromatic heterocycles. The average molecular weight is 495 g/mol. The Bertz CT molecular complexity index is 969. The molecule has 0 N–H and O–H groups in total. The lowest BCUT2D eigenvalue weighted by molar-refractivity contribution is -0.145. The molecule has 6 atom stereocenters. The first kappa shape index (κ1) is 26.1. The van der Waals surface area contributed by atoms with E-state index < -0.39 is 8.07 Å². The van der Waals surface area contributed by atoms with Crippen molar-refractivity contribution < 1.29 is 19.0 Å². The van der Waals surface area contributed by atoms with E-state index in [9.17, 15) is 4.79 Å². The molecule has 0 amide bonds. The van der Waals surface area contributed by atoms with Gasteiger partial charge < -0.3 is 14.2 Å². The van der Waals surface area contributed by atoms with Crippen molar-refractivity contribution in [2.45, 2.75) is 83.2 Å². The minimum atomic E-state index is -1.90. The largest absolute Gasteiger partial charge is 0.466 e. The summed E-state index contributed by atoms with van der Waals surface area (Å²) in [7, 11) is -1.90. The molecule has 0 radical (unpaired) electrons. The SMILES string of the molecule is CCOC(=O)[C@H]1[C@@H]2C[C@H](OCc3ccccc3)[C@H](OCc3ccccc3)[C@@H]([Si](C)(C)C(C)(C)C)[C@@H]21. The molecular weight excluding hydrogens is 452 g/mol. The van der Waals surface area contributed by atoms with E-state index in [0.717, 1.165) is 12.0 Å². The number of esters is 1. The highest BCUT2D eigenvalue weighted by Crippen LogP contribution is 2.67. The maximum atomic E-state index is 13.0. The van der Waals surface area contributed by atoms with Crippen LogP contribution < -0.4 is 0 Å². The Morgan fingerprint density at radius 1 is 0.914 bits per heavy atom. The molecule has 4 rings (SSSR count). The highest BCUT2D eigenvalue weighted by atomic mass is 28.3. The van der Waals surface area contributed by atoms with Gasteiger partial charge in [-0.25, -0.2) is 0 Å². The van der Waals surface area contributed by atoms with Gasteiger partial charge in [-0.05, 0) is 46.9 Å². The number of hydrogen-bond acceptors (Lipinski definition) is 4. The highest BCUT2D eigenvalue weighted by Gasteiger charge is 2.69. The lowest BCUT2D eigenvalue weighted by Gasteiger charge is -2.50. The van der Waals surface area contributed by atoms with E-state index in [1.807, 2.05) is 19.1 Å². The topological polar surface area (TPSA) is 44.8 Å². The van der Waals surface area contributed by atoms with Crippen LogP contribution in [-0.4, -0.2) is 32.9 Å². The predicted molar refractivity (Wildman–Crippen MR) is 143 cm³/mol. The van der Waals surface area contributed by atoms with Gasteiger partial charge in [0.2, 0.25) is 0 Å². The summed E-state index contributed by atoms with van der Waals surface area (Å²) in [4.78, 5) is 13.0. The van der Waals surface area contributed by atoms with Gasteiger partial charge in [-0.1, -0.05) is 94.5 Å². The molecule has 0 aliphatic heterocycles. The minimum Gasteiger partial charge on any atom is -0.466 e. The normalized spacial score (nSPS) is 28.3. The summed E-state index contributed by atoms with van der Waals surface area (Å²) in [6, 6.07) is 20.7. The molecule has 2 aliphatic rings. The molecule has 0 saturated heterocycles. The van der Waals surface area contributed by atoms with Crippen LogP contribution in [0.3, 0.4) is 0 Å². The summed E-state index contributed by atoms with van der Waals surface area (Å²) in [6.45, 7) is 15.5. The molecule has 2 aliphatic carbocycles. The molecule has 2 fully saturated rings. The van der Waals surface area contributed by atoms with Gasteiger partial charge >= 0.3 is 5.97 Å². The van der Waals surface area contributed by atoms with Crippen molar-refractivity contribution in [3.63, 3.8) is 0 Å². The van der Waals surface area contributed by atoms with Crippen LogP contribution in [0.4, 0.5) is 0 Å². The van der Waals surface area contributed by atoms with Crippen LogP contribution >= 0.6 is 0 Å². The molecule has 0 unspecified atom stereocenters. The zero-order valence-electron chi connectivity index (χ0n) is 22.2. The van der Waals surface area contributed by atoms with E-state index in [-0.39, 0.29) is 29.1 Å². The van der Waals surface area contributed by atoms with E-state index >= 15 is 0 Å². The molecule has 2 aromatic carbocycles. The second-order valence-electron chi connectivity index (χ2n) is 11.8. The first-order valence-electron chi connectivity index (χ1n) is 13.1. The van der Waals surface area contributed by atoms with Gasteiger partial charge in [-0.2, -0.15) is 0 Å². The molecule has 2 aromatic rings. The number of ether oxygens (including phenoxy) is 3. The van der Waals surface area contributed by atoms with Crippen molar-refractivity contribution in [3.8, 4) is 0 Å². The Morgan fingerprint density at radius 3 is 1.97 bits per heavy atom. The van der Waals surface area contributed by atoms with Crippen LogP contribution in [0.5, 0.6) is 0 Å². The van der Waals surface area contributed by atoms with Crippen molar-refractivity contribution in [3.05, 3.63) is 71.8 Å². The summed E-state index contributed by atoms with van der Waals surface area (Å²) in [5, 5.41) is 0.166. The van der Waals surface area contributed by atoms with E-state index in [1.54, 1.807) is 0 Å². The van der Waals surface area contributed by atoms with Crippen molar-refractivity contribution >= 4 is 14.0 Å². The summed E-state index contributed by atoms with van der Waals surface area (Å²) in [5.41, 5.74) is 2.65. The number of hydrogen-bond donors (Lipinski definition) is 0. The Balaban J connectivity index is 1.65. The molecule has 0 bridgehead atoms. The van der Waals surface area contributed by atoms with Gasteiger partial charge in [-0.3, -0.25) is 4.79 Å². The standard InChI is InChI=1S/C30H42O4Si/c1-7-32-29(31)26-23-18-24(33-19-21-14-10-8-11-15-21)27(34-20-22-16-12-9-13-17-22)28(25(23)26)35(5,6)30(2,3)4/h8-17,23-28H,7,18-20H2,1-6H3/t23-,24+,25+,26+,27+,28+/m1/s1. The summed E-state index contributed by atoms with van der Waals surface area (Å²) in [6.07, 6.45) is 0.769. The molecular formula is C30H42O4Si. The molecule has 190 valence electrons. The third kappa shape index (κ3) is 5.57. The molecule has 0 heterocycles. The van der Waals surface area contributed by atoms with Crippen LogP contribution in [0.2, 0.25) is 23.7 Å². The van der Waals surface area contributed by atoms with Gasteiger partial charge in [0, 0.05) is 0 Å². The predicted octanol–water partition coefficient (Wildman–Crippen LogP) is 6.86. The Kier molecular flexibility index (Phi) is 7.89. The summed E-state index contributed by atoms with van der Waals surface area (Å²) in [5.74, 6) is 0.594. The fraction of sp³-hybridized carbons (Fsp3) is 0.567. The average Bonchev–Trinajstić information content (AvgIpc) is 3.55. The summed E-state index contributed by atoms with van der Waals surface area (Å²) >= 11 is 0. The summed E-state index contributed by atoms with van der Waals surface area (Å²) < 4.78 is 19.0. The molecule has 35 heavy (non-hydrogen) atoms. The van der Waals surface area contributed by atoms with Crippen LogP contribution in [0.1, 0.15) is 45.2 Å². The molecule has 4 nitrogen and oxygen atoms in total. The van der Waals surface area contributed by atoms with Gasteiger partial charge in [0.1, 0.15) is 0 Å². The van der Waals surface area contributed by atoms with Gasteiger partial charge in [0.25, 0.3) is 0 Å². The second-order valence-corrected chi connectivity index (χ2v) is 17.5. The smallest absolute Gasteiger partial charge is 0.309 e. The number of carbonyl (C=O) groups excluding carboxylic acids is 1. The molecule has 2 saturated carbocycles. The second kappa shape index (κ2) is 10.6. The van der Waals surface area contributed by atoms with E-state index in [4.69, 9.17) is 14.2 Å². The molecule has 0 spiro atoms. The maximum absolute atomic E-state index is 13.0. The molecule has 5 heteroatoms. The first-order chi connectivity index (χ1) is 16.6. The van der Waals surface area contributed by atoms with E-state index in [0.29, 0.717) is 37.2 Å². The van der Waals surface area contributed by atoms with Gasteiger partial charge in [0.15, 0.2) is 0 Å². The third-order valence-electron chi connectivity index (χ3n) is 8.79. The Hall–Kier alpha value is -1.95. The van der Waals surface area contributed by atoms with Gasteiger partial charge in [0.05, 0.1) is 46.0 Å². The van der Waals surface area contributed by atoms with Crippen molar-refractivity contribution in [2.75, 3.05) is 6.61 Å². The minimum absolute atomic E-state index is 0.0257. The Labute approximate surface area is 212 Å². The quantitative estimate of drug-likeness (QED) is 0.282. The van der Waals surface area contributed by atoms with Crippen molar-refractivity contribution in [1.29, 1.82) is 0 Å². The number of benzene rings is 2. The van der Waals surface area contributed by atoms with Crippen molar-refractivity contribution in [2.24, 2.45) is 17.8 Å². The third-order valence-corrected chi connectivity index (χ3v) is 15.0. The first-order valence-corrected chi connectivity index (χ1v) is 16.2. The number of rotatable bonds is 9. The number of carbonyl (C=O) groups is 1. The maximum Gasteiger partial charge on any atom is 0.309 e. The number of fused-ring (bicyclic) bond motifs is 1. The Morgan fingerprint density at radius 2 is 1.46 bits per heavy atom. The van der Waals surface area contributed by atoms with Gasteiger partial charge in [-0.15, -0.1) is 0 Å². The zero-order valence-corrected chi connectivity index (χ0v) is 23.2. The van der Waals surface area contributed by atoms with Crippen LogP contribution in [0.15, 0.2) is 60.7 Å². The lowest BCUT2D eigenvalue weighted by atomic mass is 9.93.